The molecule has 2 aromatic rings. The van der Waals surface area contributed by atoms with Crippen LogP contribution in [-0.2, 0) is 17.7 Å². The minimum atomic E-state index is -0.173. The number of anilines is 1. The molecular weight excluding hydrogens is 332 g/mol. The van der Waals surface area contributed by atoms with Gasteiger partial charge in [-0.3, -0.25) is 0 Å². The molecule has 0 atom stereocenters. The van der Waals surface area contributed by atoms with Gasteiger partial charge in [-0.15, -0.1) is 0 Å². The maximum Gasteiger partial charge on any atom is 0.315 e. The number of pyridine rings is 1. The predicted octanol–water partition coefficient (Wildman–Crippen LogP) is 2.00. The van der Waals surface area contributed by atoms with E-state index < -0.39 is 0 Å². The van der Waals surface area contributed by atoms with E-state index in [1.807, 2.05) is 26.8 Å². The Kier molecular flexibility index (Phi) is 7.20. The molecular formula is C18H30N6O2. The number of urea groups is 1. The fourth-order valence-electron chi connectivity index (χ4n) is 2.79. The molecule has 0 aromatic carbocycles. The standard InChI is InChI=1S/C18H30N6O2/c1-5-6-15-23-16-14(11-13(4)22-17(16)19)24(15)8-10-26-9-7-20-18(25)21-12(2)3/h11-12H,5-10H2,1-4H3,(H2,19,22)(H2,20,21,25). The number of nitrogen functional groups attached to an aromatic ring is 1. The lowest BCUT2D eigenvalue weighted by molar-refractivity contribution is 0.128. The van der Waals surface area contributed by atoms with E-state index in [0.29, 0.717) is 32.1 Å². The molecule has 2 heterocycles. The molecule has 2 rings (SSSR count). The Morgan fingerprint density at radius 3 is 2.81 bits per heavy atom. The molecule has 0 radical (unpaired) electrons. The molecule has 0 aliphatic carbocycles. The molecule has 26 heavy (non-hydrogen) atoms. The number of carbonyl (C=O) groups is 1. The molecule has 2 amide bonds. The van der Waals surface area contributed by atoms with Crippen molar-refractivity contribution in [3.05, 3.63) is 17.6 Å². The van der Waals surface area contributed by atoms with Crippen LogP contribution in [0.2, 0.25) is 0 Å². The Balaban J connectivity index is 1.91. The fraction of sp³-hybridized carbons (Fsp3) is 0.611. The molecule has 0 aliphatic rings. The van der Waals surface area contributed by atoms with Crippen LogP contribution in [0.3, 0.4) is 0 Å². The summed E-state index contributed by atoms with van der Waals surface area (Å²) in [5, 5.41) is 5.54. The number of ether oxygens (including phenoxy) is 1. The maximum atomic E-state index is 11.5. The zero-order valence-electron chi connectivity index (χ0n) is 16.1. The molecule has 2 aromatic heterocycles. The zero-order chi connectivity index (χ0) is 19.1. The number of nitrogens with one attached hydrogen (secondary N) is 2. The number of nitrogens with zero attached hydrogens (tertiary/aromatic N) is 3. The topological polar surface area (TPSA) is 107 Å². The van der Waals surface area contributed by atoms with Crippen molar-refractivity contribution in [2.75, 3.05) is 25.5 Å². The van der Waals surface area contributed by atoms with E-state index in [2.05, 4.69) is 32.1 Å². The van der Waals surface area contributed by atoms with Gasteiger partial charge in [-0.1, -0.05) is 6.92 Å². The molecule has 8 heteroatoms. The second kappa shape index (κ2) is 9.38. The second-order valence-electron chi connectivity index (χ2n) is 6.61. The summed E-state index contributed by atoms with van der Waals surface area (Å²) in [7, 11) is 0. The number of imidazole rings is 1. The fourth-order valence-corrected chi connectivity index (χ4v) is 2.79. The van der Waals surface area contributed by atoms with Crippen LogP contribution in [0.5, 0.6) is 0 Å². The lowest BCUT2D eigenvalue weighted by Crippen LogP contribution is -2.40. The predicted molar refractivity (Wildman–Crippen MR) is 103 cm³/mol. The molecule has 0 unspecified atom stereocenters. The summed E-state index contributed by atoms with van der Waals surface area (Å²) in [4.78, 5) is 20.5. The molecule has 144 valence electrons. The highest BCUT2D eigenvalue weighted by atomic mass is 16.5. The van der Waals surface area contributed by atoms with Crippen molar-refractivity contribution >= 4 is 22.9 Å². The first-order valence-electron chi connectivity index (χ1n) is 9.16. The third-order valence-corrected chi connectivity index (χ3v) is 3.86. The van der Waals surface area contributed by atoms with Gasteiger partial charge < -0.3 is 25.7 Å². The summed E-state index contributed by atoms with van der Waals surface area (Å²) in [6, 6.07) is 1.95. The monoisotopic (exact) mass is 362 g/mol. The van der Waals surface area contributed by atoms with Crippen molar-refractivity contribution in [3.63, 3.8) is 0 Å². The first kappa shape index (κ1) is 20.0. The lowest BCUT2D eigenvalue weighted by atomic mass is 10.3. The van der Waals surface area contributed by atoms with Crippen molar-refractivity contribution in [1.29, 1.82) is 0 Å². The normalized spacial score (nSPS) is 11.3. The number of aromatic nitrogens is 3. The second-order valence-corrected chi connectivity index (χ2v) is 6.61. The van der Waals surface area contributed by atoms with Gasteiger partial charge in [0.1, 0.15) is 11.3 Å². The van der Waals surface area contributed by atoms with E-state index in [1.165, 1.54) is 0 Å². The number of aryl methyl sites for hydroxylation is 2. The maximum absolute atomic E-state index is 11.5. The third kappa shape index (κ3) is 5.32. The van der Waals surface area contributed by atoms with E-state index in [-0.39, 0.29) is 12.1 Å². The lowest BCUT2D eigenvalue weighted by Gasteiger charge is -2.12. The van der Waals surface area contributed by atoms with Gasteiger partial charge in [0.15, 0.2) is 5.82 Å². The molecule has 0 fully saturated rings. The number of hydrogen-bond acceptors (Lipinski definition) is 5. The molecule has 0 bridgehead atoms. The summed E-state index contributed by atoms with van der Waals surface area (Å²) < 4.78 is 7.82. The quantitative estimate of drug-likeness (QED) is 0.592. The summed E-state index contributed by atoms with van der Waals surface area (Å²) >= 11 is 0. The average Bonchev–Trinajstić information content (AvgIpc) is 2.88. The van der Waals surface area contributed by atoms with Gasteiger partial charge in [0.25, 0.3) is 0 Å². The number of fused-ring (bicyclic) bond motifs is 1. The van der Waals surface area contributed by atoms with E-state index >= 15 is 0 Å². The Bertz CT molecular complexity index is 741. The highest BCUT2D eigenvalue weighted by Crippen LogP contribution is 2.22. The van der Waals surface area contributed by atoms with Gasteiger partial charge in [0.05, 0.1) is 18.7 Å². The van der Waals surface area contributed by atoms with Gasteiger partial charge in [0.2, 0.25) is 0 Å². The minimum absolute atomic E-state index is 0.118. The SMILES string of the molecule is CCCc1nc2c(N)nc(C)cc2n1CCOCCNC(=O)NC(C)C. The van der Waals surface area contributed by atoms with E-state index in [9.17, 15) is 4.79 Å². The van der Waals surface area contributed by atoms with Gasteiger partial charge in [-0.2, -0.15) is 0 Å². The van der Waals surface area contributed by atoms with Gasteiger partial charge in [0, 0.05) is 31.2 Å². The largest absolute Gasteiger partial charge is 0.382 e. The summed E-state index contributed by atoms with van der Waals surface area (Å²) in [5.41, 5.74) is 8.66. The Labute approximate surface area is 154 Å². The van der Waals surface area contributed by atoms with E-state index in [1.54, 1.807) is 0 Å². The van der Waals surface area contributed by atoms with Crippen LogP contribution < -0.4 is 16.4 Å². The van der Waals surface area contributed by atoms with Crippen molar-refractivity contribution < 1.29 is 9.53 Å². The van der Waals surface area contributed by atoms with Crippen LogP contribution in [0.25, 0.3) is 11.0 Å². The first-order chi connectivity index (χ1) is 12.4. The smallest absolute Gasteiger partial charge is 0.315 e. The number of rotatable bonds is 9. The minimum Gasteiger partial charge on any atom is -0.382 e. The summed E-state index contributed by atoms with van der Waals surface area (Å²) in [6.07, 6.45) is 1.88. The Hall–Kier alpha value is -2.35. The Morgan fingerprint density at radius 2 is 2.12 bits per heavy atom. The van der Waals surface area contributed by atoms with Gasteiger partial charge >= 0.3 is 6.03 Å². The molecule has 0 spiro atoms. The summed E-state index contributed by atoms with van der Waals surface area (Å²) in [6.45, 7) is 10.1. The van der Waals surface area contributed by atoms with Crippen molar-refractivity contribution in [2.45, 2.75) is 53.1 Å². The number of amides is 2. The van der Waals surface area contributed by atoms with Gasteiger partial charge in [-0.05, 0) is 33.3 Å². The average molecular weight is 362 g/mol. The van der Waals surface area contributed by atoms with Crippen LogP contribution in [0.4, 0.5) is 10.6 Å². The van der Waals surface area contributed by atoms with Crippen LogP contribution in [0, 0.1) is 6.92 Å². The highest BCUT2D eigenvalue weighted by molar-refractivity contribution is 5.85. The number of carbonyl (C=O) groups excluding carboxylic acids is 1. The summed E-state index contributed by atoms with van der Waals surface area (Å²) in [5.74, 6) is 1.47. The van der Waals surface area contributed by atoms with Crippen molar-refractivity contribution in [3.8, 4) is 0 Å². The van der Waals surface area contributed by atoms with Crippen LogP contribution in [0.15, 0.2) is 6.07 Å². The zero-order valence-corrected chi connectivity index (χ0v) is 16.1. The van der Waals surface area contributed by atoms with Gasteiger partial charge in [-0.25, -0.2) is 14.8 Å². The van der Waals surface area contributed by atoms with Crippen LogP contribution in [0.1, 0.15) is 38.7 Å². The number of nitrogens with two attached hydrogens (primary N) is 1. The highest BCUT2D eigenvalue weighted by Gasteiger charge is 2.13. The van der Waals surface area contributed by atoms with E-state index in [4.69, 9.17) is 10.5 Å². The van der Waals surface area contributed by atoms with Crippen molar-refractivity contribution in [1.82, 2.24) is 25.2 Å². The molecule has 4 N–H and O–H groups in total. The molecule has 0 saturated carbocycles. The molecule has 0 saturated heterocycles. The van der Waals surface area contributed by atoms with E-state index in [0.717, 1.165) is 35.4 Å². The Morgan fingerprint density at radius 1 is 1.35 bits per heavy atom. The third-order valence-electron chi connectivity index (χ3n) is 3.86. The van der Waals surface area contributed by atoms with Crippen LogP contribution >= 0.6 is 0 Å². The first-order valence-corrected chi connectivity index (χ1v) is 9.16. The molecule has 8 nitrogen and oxygen atoms in total. The van der Waals surface area contributed by atoms with Crippen molar-refractivity contribution in [2.24, 2.45) is 0 Å². The van der Waals surface area contributed by atoms with Crippen LogP contribution in [-0.4, -0.2) is 46.4 Å². The number of hydrogen-bond donors (Lipinski definition) is 3. The molecule has 0 aliphatic heterocycles.